The smallest absolute Gasteiger partial charge is 0.287 e. The van der Waals surface area contributed by atoms with Crippen LogP contribution in [0.4, 0.5) is 14.6 Å². The number of nitrogen functional groups attached to an aromatic ring is 1. The van der Waals surface area contributed by atoms with Crippen molar-refractivity contribution in [2.24, 2.45) is 0 Å². The second-order valence-corrected chi connectivity index (χ2v) is 2.79. The topological polar surface area (TPSA) is 38.9 Å². The van der Waals surface area contributed by atoms with E-state index in [1.807, 2.05) is 0 Å². The number of pyridine rings is 1. The molecule has 0 bridgehead atoms. The van der Waals surface area contributed by atoms with Crippen molar-refractivity contribution in [3.8, 4) is 0 Å². The maximum Gasteiger partial charge on any atom is 0.287 e. The predicted molar refractivity (Wildman–Crippen MR) is 43.0 cm³/mol. The highest BCUT2D eigenvalue weighted by Gasteiger charge is 2.26. The summed E-state index contributed by atoms with van der Waals surface area (Å²) < 4.78 is 25.3. The number of halogens is 2. The van der Waals surface area contributed by atoms with E-state index in [1.54, 1.807) is 6.92 Å². The van der Waals surface area contributed by atoms with Crippen molar-refractivity contribution in [3.05, 3.63) is 23.4 Å². The largest absolute Gasteiger partial charge is 0.383 e. The standard InChI is InChI=1S/C8H10F2N2/c1-5-3-4-6(8(2,9)10)12-7(5)11/h3-4H,1-2H3,(H2,11,12). The molecule has 0 aliphatic rings. The van der Waals surface area contributed by atoms with Gasteiger partial charge in [-0.1, -0.05) is 6.07 Å². The lowest BCUT2D eigenvalue weighted by Gasteiger charge is -2.10. The molecule has 0 aromatic carbocycles. The molecule has 66 valence electrons. The zero-order valence-electron chi connectivity index (χ0n) is 6.94. The quantitative estimate of drug-likeness (QED) is 0.704. The molecular weight excluding hydrogens is 162 g/mol. The van der Waals surface area contributed by atoms with Crippen LogP contribution in [0.3, 0.4) is 0 Å². The highest BCUT2D eigenvalue weighted by atomic mass is 19.3. The van der Waals surface area contributed by atoms with Crippen LogP contribution in [-0.2, 0) is 5.92 Å². The third kappa shape index (κ3) is 1.69. The van der Waals surface area contributed by atoms with Gasteiger partial charge < -0.3 is 5.73 Å². The molecular formula is C8H10F2N2. The zero-order valence-corrected chi connectivity index (χ0v) is 6.94. The van der Waals surface area contributed by atoms with Gasteiger partial charge in [0, 0.05) is 6.92 Å². The SMILES string of the molecule is Cc1ccc(C(C)(F)F)nc1N. The van der Waals surface area contributed by atoms with E-state index < -0.39 is 5.92 Å². The first kappa shape index (κ1) is 8.90. The maximum absolute atomic E-state index is 12.6. The fourth-order valence-electron chi connectivity index (χ4n) is 0.789. The van der Waals surface area contributed by atoms with Crippen LogP contribution in [-0.4, -0.2) is 4.98 Å². The van der Waals surface area contributed by atoms with Crippen molar-refractivity contribution in [3.63, 3.8) is 0 Å². The van der Waals surface area contributed by atoms with Crippen LogP contribution < -0.4 is 5.73 Å². The highest BCUT2D eigenvalue weighted by molar-refractivity contribution is 5.39. The lowest BCUT2D eigenvalue weighted by molar-refractivity contribution is 0.0129. The molecule has 4 heteroatoms. The minimum absolute atomic E-state index is 0.161. The number of nitrogens with two attached hydrogens (primary N) is 1. The molecule has 0 unspecified atom stereocenters. The van der Waals surface area contributed by atoms with Gasteiger partial charge in [0.2, 0.25) is 0 Å². The van der Waals surface area contributed by atoms with Crippen molar-refractivity contribution in [2.45, 2.75) is 19.8 Å². The van der Waals surface area contributed by atoms with E-state index in [0.717, 1.165) is 6.92 Å². The zero-order chi connectivity index (χ0) is 9.35. The average molecular weight is 172 g/mol. The number of aromatic nitrogens is 1. The Kier molecular flexibility index (Phi) is 2.00. The first-order chi connectivity index (χ1) is 5.41. The molecule has 0 saturated heterocycles. The van der Waals surface area contributed by atoms with Crippen molar-refractivity contribution in [1.82, 2.24) is 4.98 Å². The van der Waals surface area contributed by atoms with E-state index in [1.165, 1.54) is 12.1 Å². The molecule has 1 aromatic heterocycles. The molecule has 1 aromatic rings. The molecule has 0 saturated carbocycles. The molecule has 0 amide bonds. The van der Waals surface area contributed by atoms with Crippen molar-refractivity contribution >= 4 is 5.82 Å². The molecule has 0 spiro atoms. The average Bonchev–Trinajstić information content (AvgIpc) is 1.92. The summed E-state index contributed by atoms with van der Waals surface area (Å²) in [7, 11) is 0. The lowest BCUT2D eigenvalue weighted by atomic mass is 10.2. The fraction of sp³-hybridized carbons (Fsp3) is 0.375. The van der Waals surface area contributed by atoms with Crippen LogP contribution in [0.2, 0.25) is 0 Å². The summed E-state index contributed by atoms with van der Waals surface area (Å²) in [6.45, 7) is 2.52. The Labute approximate surface area is 69.4 Å². The highest BCUT2D eigenvalue weighted by Crippen LogP contribution is 2.26. The van der Waals surface area contributed by atoms with Gasteiger partial charge >= 0.3 is 0 Å². The third-order valence-corrected chi connectivity index (χ3v) is 1.59. The molecule has 2 N–H and O–H groups in total. The van der Waals surface area contributed by atoms with E-state index in [-0.39, 0.29) is 11.5 Å². The van der Waals surface area contributed by atoms with Gasteiger partial charge in [-0.3, -0.25) is 0 Å². The molecule has 0 atom stereocenters. The van der Waals surface area contributed by atoms with Crippen LogP contribution in [0, 0.1) is 6.92 Å². The Balaban J connectivity index is 3.14. The van der Waals surface area contributed by atoms with Gasteiger partial charge in [0.25, 0.3) is 5.92 Å². The monoisotopic (exact) mass is 172 g/mol. The number of nitrogens with zero attached hydrogens (tertiary/aromatic N) is 1. The second kappa shape index (κ2) is 2.69. The number of hydrogen-bond donors (Lipinski definition) is 1. The maximum atomic E-state index is 12.6. The normalized spacial score (nSPS) is 11.7. The van der Waals surface area contributed by atoms with Gasteiger partial charge in [-0.25, -0.2) is 4.98 Å². The van der Waals surface area contributed by atoms with E-state index in [2.05, 4.69) is 4.98 Å². The summed E-state index contributed by atoms with van der Waals surface area (Å²) in [5, 5.41) is 0. The van der Waals surface area contributed by atoms with Crippen molar-refractivity contribution in [2.75, 3.05) is 5.73 Å². The van der Waals surface area contributed by atoms with Gasteiger partial charge in [-0.05, 0) is 18.6 Å². The van der Waals surface area contributed by atoms with Crippen LogP contribution in [0.5, 0.6) is 0 Å². The number of rotatable bonds is 1. The van der Waals surface area contributed by atoms with Gasteiger partial charge in [0.05, 0.1) is 0 Å². The molecule has 0 fully saturated rings. The minimum Gasteiger partial charge on any atom is -0.383 e. The van der Waals surface area contributed by atoms with Crippen molar-refractivity contribution < 1.29 is 8.78 Å². The Bertz CT molecular complexity index is 292. The molecule has 1 rings (SSSR count). The van der Waals surface area contributed by atoms with Crippen LogP contribution >= 0.6 is 0 Å². The third-order valence-electron chi connectivity index (χ3n) is 1.59. The summed E-state index contributed by atoms with van der Waals surface area (Å²) in [5.74, 6) is -2.75. The predicted octanol–water partition coefficient (Wildman–Crippen LogP) is 2.08. The van der Waals surface area contributed by atoms with E-state index in [9.17, 15) is 8.78 Å². The molecule has 2 nitrogen and oxygen atoms in total. The second-order valence-electron chi connectivity index (χ2n) is 2.79. The Hall–Kier alpha value is -1.19. The Morgan fingerprint density at radius 1 is 1.42 bits per heavy atom. The first-order valence-electron chi connectivity index (χ1n) is 3.52. The van der Waals surface area contributed by atoms with Gasteiger partial charge in [0.15, 0.2) is 0 Å². The summed E-state index contributed by atoms with van der Waals surface area (Å²) in [6.07, 6.45) is 0. The van der Waals surface area contributed by atoms with Crippen molar-refractivity contribution in [1.29, 1.82) is 0 Å². The van der Waals surface area contributed by atoms with Crippen LogP contribution in [0.25, 0.3) is 0 Å². The summed E-state index contributed by atoms with van der Waals surface area (Å²) in [6, 6.07) is 2.82. The number of aryl methyl sites for hydroxylation is 1. The van der Waals surface area contributed by atoms with E-state index in [4.69, 9.17) is 5.73 Å². The Morgan fingerprint density at radius 3 is 2.42 bits per heavy atom. The number of anilines is 1. The van der Waals surface area contributed by atoms with Crippen LogP contribution in [0.1, 0.15) is 18.2 Å². The number of alkyl halides is 2. The Morgan fingerprint density at radius 2 is 2.00 bits per heavy atom. The minimum atomic E-state index is -2.91. The van der Waals surface area contributed by atoms with Gasteiger partial charge in [0.1, 0.15) is 11.5 Å². The molecule has 0 radical (unpaired) electrons. The van der Waals surface area contributed by atoms with E-state index >= 15 is 0 Å². The summed E-state index contributed by atoms with van der Waals surface area (Å²) >= 11 is 0. The van der Waals surface area contributed by atoms with Gasteiger partial charge in [-0.15, -0.1) is 0 Å². The fourth-order valence-corrected chi connectivity index (χ4v) is 0.789. The lowest BCUT2D eigenvalue weighted by Crippen LogP contribution is -2.11. The molecule has 1 heterocycles. The summed E-state index contributed by atoms with van der Waals surface area (Å²) in [5.41, 5.74) is 5.80. The van der Waals surface area contributed by atoms with E-state index in [0.29, 0.717) is 5.56 Å². The van der Waals surface area contributed by atoms with Crippen LogP contribution in [0.15, 0.2) is 12.1 Å². The molecule has 0 aliphatic carbocycles. The van der Waals surface area contributed by atoms with Gasteiger partial charge in [-0.2, -0.15) is 8.78 Å². The molecule has 12 heavy (non-hydrogen) atoms. The number of hydrogen-bond acceptors (Lipinski definition) is 2. The molecule has 0 aliphatic heterocycles. The summed E-state index contributed by atoms with van der Waals surface area (Å²) in [4.78, 5) is 3.57. The first-order valence-corrected chi connectivity index (χ1v) is 3.52.